The van der Waals surface area contributed by atoms with Crippen LogP contribution in [-0.2, 0) is 0 Å². The summed E-state index contributed by atoms with van der Waals surface area (Å²) in [6.45, 7) is 0. The van der Waals surface area contributed by atoms with E-state index in [1.807, 2.05) is 24.3 Å². The molecule has 11 aromatic carbocycles. The smallest absolute Gasteiger partial charge is 0.143 e. The van der Waals surface area contributed by atoms with Crippen molar-refractivity contribution in [2.24, 2.45) is 0 Å². The van der Waals surface area contributed by atoms with Crippen molar-refractivity contribution in [3.05, 3.63) is 243 Å². The fourth-order valence-corrected chi connectivity index (χ4v) is 10.5. The monoisotopic (exact) mass is 884 g/mol. The van der Waals surface area contributed by atoms with Gasteiger partial charge >= 0.3 is 0 Å². The third-order valence-corrected chi connectivity index (χ3v) is 13.6. The second-order valence-corrected chi connectivity index (χ2v) is 17.6. The summed E-state index contributed by atoms with van der Waals surface area (Å²) >= 11 is 0. The molecule has 0 saturated heterocycles. The molecule has 13 aromatic rings. The molecule has 0 radical (unpaired) electrons. The van der Waals surface area contributed by atoms with Crippen LogP contribution in [0.25, 0.3) is 88.0 Å². The molecule has 0 spiro atoms. The first-order chi connectivity index (χ1) is 34.2. The SMILES string of the molecule is c1ccc(N(c2ccc(-c3cccc4c3oc3ccccc34)cc2)c2cc3c4c(cccc4c2)-c2c(cccc2N(c2ccccc2)c2ccc(-c4cccc5c4oc4ccccc45)cc2)O3)cc1. The van der Waals surface area contributed by atoms with Crippen LogP contribution in [0.5, 0.6) is 11.5 Å². The minimum absolute atomic E-state index is 0.800. The Balaban J connectivity index is 0.865. The summed E-state index contributed by atoms with van der Waals surface area (Å²) < 4.78 is 20.0. The Morgan fingerprint density at radius 3 is 1.39 bits per heavy atom. The zero-order valence-electron chi connectivity index (χ0n) is 37.2. The molecule has 0 unspecified atom stereocenters. The Morgan fingerprint density at radius 2 is 0.783 bits per heavy atom. The summed E-state index contributed by atoms with van der Waals surface area (Å²) in [5.74, 6) is 1.61. The largest absolute Gasteiger partial charge is 0.456 e. The highest BCUT2D eigenvalue weighted by molar-refractivity contribution is 6.12. The van der Waals surface area contributed by atoms with Gasteiger partial charge in [-0.1, -0.05) is 158 Å². The Bertz CT molecular complexity index is 4100. The van der Waals surface area contributed by atoms with Crippen molar-refractivity contribution in [2.75, 3.05) is 9.80 Å². The highest BCUT2D eigenvalue weighted by atomic mass is 16.5. The number of hydrogen-bond donors (Lipinski definition) is 0. The lowest BCUT2D eigenvalue weighted by atomic mass is 9.92. The van der Waals surface area contributed by atoms with Gasteiger partial charge in [0.15, 0.2) is 0 Å². The van der Waals surface area contributed by atoms with Crippen LogP contribution in [0.15, 0.2) is 251 Å². The molecule has 3 heterocycles. The summed E-state index contributed by atoms with van der Waals surface area (Å²) in [7, 11) is 0. The Kier molecular flexibility index (Phi) is 8.83. The predicted octanol–water partition coefficient (Wildman–Crippen LogP) is 18.7. The van der Waals surface area contributed by atoms with Crippen molar-refractivity contribution in [1.82, 2.24) is 0 Å². The lowest BCUT2D eigenvalue weighted by Gasteiger charge is -2.32. The molecule has 0 saturated carbocycles. The van der Waals surface area contributed by atoms with E-state index in [0.717, 1.165) is 134 Å². The molecular weight excluding hydrogens is 845 g/mol. The van der Waals surface area contributed by atoms with Gasteiger partial charge < -0.3 is 23.4 Å². The molecule has 1 aliphatic heterocycles. The van der Waals surface area contributed by atoms with E-state index in [-0.39, 0.29) is 0 Å². The van der Waals surface area contributed by atoms with E-state index in [1.165, 1.54) is 0 Å². The molecular formula is C64H40N2O3. The number of furan rings is 2. The quantitative estimate of drug-likeness (QED) is 0.152. The van der Waals surface area contributed by atoms with Crippen LogP contribution in [0.2, 0.25) is 0 Å². The maximum absolute atomic E-state index is 7.09. The van der Waals surface area contributed by atoms with E-state index in [9.17, 15) is 0 Å². The third-order valence-electron chi connectivity index (χ3n) is 13.6. The molecule has 5 nitrogen and oxygen atoms in total. The molecule has 69 heavy (non-hydrogen) atoms. The zero-order valence-corrected chi connectivity index (χ0v) is 37.2. The maximum Gasteiger partial charge on any atom is 0.143 e. The van der Waals surface area contributed by atoms with Gasteiger partial charge in [-0.2, -0.15) is 0 Å². The van der Waals surface area contributed by atoms with Gasteiger partial charge in [-0.3, -0.25) is 0 Å². The van der Waals surface area contributed by atoms with Crippen LogP contribution in [0.4, 0.5) is 34.1 Å². The minimum atomic E-state index is 0.800. The van der Waals surface area contributed by atoms with Gasteiger partial charge in [0.25, 0.3) is 0 Å². The van der Waals surface area contributed by atoms with Gasteiger partial charge in [0.05, 0.1) is 11.4 Å². The lowest BCUT2D eigenvalue weighted by molar-refractivity contribution is 0.487. The molecule has 5 heteroatoms. The van der Waals surface area contributed by atoms with Crippen LogP contribution in [-0.4, -0.2) is 0 Å². The fourth-order valence-electron chi connectivity index (χ4n) is 10.5. The van der Waals surface area contributed by atoms with E-state index in [0.29, 0.717) is 0 Å². The number of hydrogen-bond acceptors (Lipinski definition) is 5. The van der Waals surface area contributed by atoms with Crippen molar-refractivity contribution in [2.45, 2.75) is 0 Å². The number of ether oxygens (including phenoxy) is 1. The van der Waals surface area contributed by atoms with Gasteiger partial charge in [-0.15, -0.1) is 0 Å². The highest BCUT2D eigenvalue weighted by Gasteiger charge is 2.28. The van der Waals surface area contributed by atoms with Gasteiger partial charge in [-0.25, -0.2) is 0 Å². The minimum Gasteiger partial charge on any atom is -0.456 e. The normalized spacial score (nSPS) is 11.9. The zero-order chi connectivity index (χ0) is 45.4. The van der Waals surface area contributed by atoms with Crippen molar-refractivity contribution >= 4 is 88.8 Å². The van der Waals surface area contributed by atoms with E-state index in [4.69, 9.17) is 13.6 Å². The lowest BCUT2D eigenvalue weighted by Crippen LogP contribution is -2.13. The van der Waals surface area contributed by atoms with Crippen molar-refractivity contribution in [3.8, 4) is 44.9 Å². The van der Waals surface area contributed by atoms with Crippen molar-refractivity contribution in [3.63, 3.8) is 0 Å². The van der Waals surface area contributed by atoms with E-state index in [2.05, 4.69) is 228 Å². The first kappa shape index (κ1) is 38.9. The molecule has 14 rings (SSSR count). The first-order valence-electron chi connectivity index (χ1n) is 23.3. The summed E-state index contributed by atoms with van der Waals surface area (Å²) in [6, 6.07) is 85.4. The second-order valence-electron chi connectivity index (χ2n) is 17.6. The number of benzene rings is 11. The number of fused-ring (bicyclic) bond motifs is 8. The number of para-hydroxylation sites is 6. The standard InChI is InChI=1S/C64H40N2O3/c1-3-16-44(17-4-1)65(46-35-31-41(32-36-46)49-22-12-24-53-51-20-7-9-28-57(51)68-63(49)53)48-39-43-15-11-26-55-61(43)60(40-48)67-59-30-14-27-56(62(55)59)66(45-18-5-2-6-19-45)47-37-33-42(34-38-47)50-23-13-25-54-52-21-8-10-29-58(52)69-64(50)54/h1-40H. The molecule has 0 fully saturated rings. The first-order valence-corrected chi connectivity index (χ1v) is 23.3. The average Bonchev–Trinajstić information content (AvgIpc) is 3.99. The molecule has 0 amide bonds. The van der Waals surface area contributed by atoms with Crippen molar-refractivity contribution < 1.29 is 13.6 Å². The van der Waals surface area contributed by atoms with Crippen LogP contribution in [0.3, 0.4) is 0 Å². The van der Waals surface area contributed by atoms with Gasteiger partial charge in [0.2, 0.25) is 0 Å². The summed E-state index contributed by atoms with van der Waals surface area (Å²) in [5, 5.41) is 6.64. The third kappa shape index (κ3) is 6.32. The molecule has 0 bridgehead atoms. The van der Waals surface area contributed by atoms with Gasteiger partial charge in [-0.05, 0) is 101 Å². The average molecular weight is 885 g/mol. The Morgan fingerprint density at radius 1 is 0.304 bits per heavy atom. The fraction of sp³-hybridized carbons (Fsp3) is 0. The summed E-state index contributed by atoms with van der Waals surface area (Å²) in [4.78, 5) is 4.64. The molecule has 0 atom stereocenters. The van der Waals surface area contributed by atoms with Crippen LogP contribution in [0, 0.1) is 0 Å². The summed E-state index contributed by atoms with van der Waals surface area (Å²) in [6.07, 6.45) is 0. The Hall–Kier alpha value is -9.32. The van der Waals surface area contributed by atoms with Crippen LogP contribution < -0.4 is 14.5 Å². The number of nitrogens with zero attached hydrogens (tertiary/aromatic N) is 2. The molecule has 2 aromatic heterocycles. The van der Waals surface area contributed by atoms with Crippen molar-refractivity contribution in [1.29, 1.82) is 0 Å². The van der Waals surface area contributed by atoms with E-state index in [1.54, 1.807) is 0 Å². The Labute approximate surface area is 397 Å². The van der Waals surface area contributed by atoms with Gasteiger partial charge in [0, 0.05) is 72.4 Å². The molecule has 1 aliphatic rings. The predicted molar refractivity (Wildman–Crippen MR) is 284 cm³/mol. The van der Waals surface area contributed by atoms with Crippen LogP contribution in [0.1, 0.15) is 0 Å². The molecule has 324 valence electrons. The number of rotatable bonds is 8. The topological polar surface area (TPSA) is 42.0 Å². The second kappa shape index (κ2) is 15.7. The van der Waals surface area contributed by atoms with E-state index < -0.39 is 0 Å². The summed E-state index contributed by atoms with van der Waals surface area (Å²) in [5.41, 5.74) is 16.2. The van der Waals surface area contributed by atoms with E-state index >= 15 is 0 Å². The van der Waals surface area contributed by atoms with Gasteiger partial charge in [0.1, 0.15) is 33.8 Å². The van der Waals surface area contributed by atoms with Crippen LogP contribution >= 0.6 is 0 Å². The maximum atomic E-state index is 7.09. The molecule has 0 N–H and O–H groups in total. The highest BCUT2D eigenvalue weighted by Crippen LogP contribution is 2.54. The number of anilines is 6. The molecule has 0 aliphatic carbocycles.